The van der Waals surface area contributed by atoms with Crippen LogP contribution in [-0.2, 0) is 66.6 Å². The van der Waals surface area contributed by atoms with Gasteiger partial charge in [0.25, 0.3) is 0 Å². The highest BCUT2D eigenvalue weighted by atomic mass is 16.8. The molecule has 5 aliphatic rings. The normalized spacial score (nSPS) is 43.9. The topological polar surface area (TPSA) is 471 Å². The van der Waals surface area contributed by atoms with E-state index in [4.69, 9.17) is 42.6 Å². The molecular formula is C40H67N5O26. The van der Waals surface area contributed by atoms with Gasteiger partial charge in [0.2, 0.25) is 29.5 Å². The standard InChI is InChI=1S/C40H67N5O26/c1-11(51)41-21-28(58)32(17(7-47)63-36(21)62)68-38-23(43-13(3)53)30(60)34(19(9-49)65-38)70-40-25(45-15(5)55)31(61)35(20(10-50)67-40)71-39-24(44-14(4)54)29(59)33(18(8-48)66-39)69-37-22(42-12(2)52)27(57)26(56)16(6-46)64-37/h16-40,46-50,56-62H,6-10H2,1-5H3,(H,41,51)(H,42,52)(H,43,53)(H,44,54)(H,45,55). The molecule has 0 bridgehead atoms. The molecule has 0 aromatic heterocycles. The van der Waals surface area contributed by atoms with Crippen molar-refractivity contribution in [1.29, 1.82) is 0 Å². The maximum absolute atomic E-state index is 12.7. The van der Waals surface area contributed by atoms with Crippen LogP contribution in [0.4, 0.5) is 0 Å². The molecule has 0 aromatic carbocycles. The van der Waals surface area contributed by atoms with Gasteiger partial charge in [-0.25, -0.2) is 0 Å². The molecule has 17 N–H and O–H groups in total. The third-order valence-corrected chi connectivity index (χ3v) is 12.3. The van der Waals surface area contributed by atoms with Crippen LogP contribution in [0.2, 0.25) is 0 Å². The van der Waals surface area contributed by atoms with Gasteiger partial charge in [0, 0.05) is 34.6 Å². The third kappa shape index (κ3) is 13.6. The Labute approximate surface area is 404 Å². The summed E-state index contributed by atoms with van der Waals surface area (Å²) in [6.07, 6.45) is -35.1. The first-order chi connectivity index (χ1) is 33.5. The highest BCUT2D eigenvalue weighted by molar-refractivity contribution is 5.75. The van der Waals surface area contributed by atoms with Gasteiger partial charge in [0.15, 0.2) is 31.5 Å². The lowest BCUT2D eigenvalue weighted by Crippen LogP contribution is -2.72. The molecule has 5 rings (SSSR count). The smallest absolute Gasteiger partial charge is 0.217 e. The van der Waals surface area contributed by atoms with Gasteiger partial charge in [-0.15, -0.1) is 0 Å². The average molecular weight is 1030 g/mol. The molecule has 5 heterocycles. The van der Waals surface area contributed by atoms with Crippen LogP contribution in [0.1, 0.15) is 34.6 Å². The summed E-state index contributed by atoms with van der Waals surface area (Å²) in [6.45, 7) is 0.679. The molecule has 5 aliphatic heterocycles. The van der Waals surface area contributed by atoms with E-state index >= 15 is 0 Å². The largest absolute Gasteiger partial charge is 0.394 e. The number of nitrogens with one attached hydrogen (secondary N) is 5. The van der Waals surface area contributed by atoms with Crippen LogP contribution in [0.15, 0.2) is 0 Å². The van der Waals surface area contributed by atoms with Gasteiger partial charge in [0.05, 0.1) is 33.0 Å². The number of carbonyl (C=O) groups excluding carboxylic acids is 5. The van der Waals surface area contributed by atoms with Crippen molar-refractivity contribution >= 4 is 29.5 Å². The fraction of sp³-hybridized carbons (Fsp3) is 0.875. The summed E-state index contributed by atoms with van der Waals surface area (Å²) in [5.41, 5.74) is 0. The molecule has 31 heteroatoms. The lowest BCUT2D eigenvalue weighted by atomic mass is 9.93. The second-order valence-electron chi connectivity index (χ2n) is 17.6. The fourth-order valence-electron chi connectivity index (χ4n) is 9.07. The van der Waals surface area contributed by atoms with Crippen LogP contribution >= 0.6 is 0 Å². The van der Waals surface area contributed by atoms with Crippen molar-refractivity contribution in [3.8, 4) is 0 Å². The van der Waals surface area contributed by atoms with Gasteiger partial charge in [-0.3, -0.25) is 24.0 Å². The van der Waals surface area contributed by atoms with Crippen molar-refractivity contribution in [1.82, 2.24) is 26.6 Å². The number of amides is 5. The lowest BCUT2D eigenvalue weighted by molar-refractivity contribution is -0.367. The minimum atomic E-state index is -2.00. The van der Waals surface area contributed by atoms with E-state index in [1.54, 1.807) is 0 Å². The molecule has 0 aromatic rings. The van der Waals surface area contributed by atoms with Gasteiger partial charge < -0.3 is 130 Å². The number of aliphatic hydroxyl groups excluding tert-OH is 12. The Morgan fingerprint density at radius 3 is 0.831 bits per heavy atom. The Kier molecular flexibility index (Phi) is 21.1. The molecule has 71 heavy (non-hydrogen) atoms. The first-order valence-electron chi connectivity index (χ1n) is 22.6. The molecule has 25 atom stereocenters. The van der Waals surface area contributed by atoms with Crippen LogP contribution in [0.3, 0.4) is 0 Å². The van der Waals surface area contributed by atoms with E-state index in [0.717, 1.165) is 34.6 Å². The quantitative estimate of drug-likeness (QED) is 0.0606. The first kappa shape index (κ1) is 58.4. The van der Waals surface area contributed by atoms with Gasteiger partial charge in [0.1, 0.15) is 122 Å². The van der Waals surface area contributed by atoms with Gasteiger partial charge >= 0.3 is 0 Å². The summed E-state index contributed by atoms with van der Waals surface area (Å²) in [5, 5.41) is 142. The van der Waals surface area contributed by atoms with Crippen LogP contribution in [0.5, 0.6) is 0 Å². The summed E-state index contributed by atoms with van der Waals surface area (Å²) in [6, 6.07) is -8.07. The Morgan fingerprint density at radius 1 is 0.338 bits per heavy atom. The monoisotopic (exact) mass is 1030 g/mol. The van der Waals surface area contributed by atoms with E-state index in [1.807, 2.05) is 0 Å². The maximum Gasteiger partial charge on any atom is 0.217 e. The number of carbonyl (C=O) groups is 5. The lowest BCUT2D eigenvalue weighted by Gasteiger charge is -2.51. The second-order valence-corrected chi connectivity index (χ2v) is 17.6. The van der Waals surface area contributed by atoms with Crippen molar-refractivity contribution in [2.24, 2.45) is 0 Å². The van der Waals surface area contributed by atoms with E-state index in [9.17, 15) is 85.3 Å². The van der Waals surface area contributed by atoms with Crippen molar-refractivity contribution in [3.05, 3.63) is 0 Å². The van der Waals surface area contributed by atoms with Crippen LogP contribution in [-0.4, -0.2) is 277 Å². The van der Waals surface area contributed by atoms with Gasteiger partial charge in [-0.2, -0.15) is 0 Å². The molecule has 0 aliphatic carbocycles. The Balaban J connectivity index is 1.39. The summed E-state index contributed by atoms with van der Waals surface area (Å²) in [4.78, 5) is 61.6. The number of rotatable bonds is 18. The first-order valence-corrected chi connectivity index (χ1v) is 22.6. The summed E-state index contributed by atoms with van der Waals surface area (Å²) >= 11 is 0. The van der Waals surface area contributed by atoms with Crippen molar-refractivity contribution < 1.29 is 128 Å². The molecule has 5 saturated heterocycles. The summed E-state index contributed by atoms with van der Waals surface area (Å²) in [7, 11) is 0. The zero-order valence-corrected chi connectivity index (χ0v) is 39.1. The molecule has 31 nitrogen and oxygen atoms in total. The van der Waals surface area contributed by atoms with Crippen molar-refractivity contribution in [2.75, 3.05) is 33.0 Å². The minimum absolute atomic E-state index is 0.688. The molecule has 5 fully saturated rings. The molecule has 5 amide bonds. The van der Waals surface area contributed by atoms with E-state index in [0.29, 0.717) is 0 Å². The maximum atomic E-state index is 12.7. The Bertz CT molecular complexity index is 1790. The van der Waals surface area contributed by atoms with E-state index in [1.165, 1.54) is 0 Å². The molecular weight excluding hydrogens is 966 g/mol. The third-order valence-electron chi connectivity index (χ3n) is 12.3. The predicted molar refractivity (Wildman–Crippen MR) is 225 cm³/mol. The Hall–Kier alpha value is -3.49. The van der Waals surface area contributed by atoms with E-state index < -0.39 is 216 Å². The average Bonchev–Trinajstić information content (AvgIpc) is 3.30. The number of hydrogen-bond acceptors (Lipinski definition) is 26. The number of hydrogen-bond donors (Lipinski definition) is 17. The molecule has 408 valence electrons. The predicted octanol–water partition coefficient (Wildman–Crippen LogP) is -11.2. The summed E-state index contributed by atoms with van der Waals surface area (Å²) < 4.78 is 52.9. The highest BCUT2D eigenvalue weighted by Gasteiger charge is 2.57. The molecule has 0 spiro atoms. The summed E-state index contributed by atoms with van der Waals surface area (Å²) in [5.74, 6) is -3.78. The van der Waals surface area contributed by atoms with E-state index in [-0.39, 0.29) is 0 Å². The molecule has 0 radical (unpaired) electrons. The van der Waals surface area contributed by atoms with Crippen LogP contribution in [0.25, 0.3) is 0 Å². The molecule has 25 unspecified atom stereocenters. The minimum Gasteiger partial charge on any atom is -0.394 e. The second kappa shape index (κ2) is 25.6. The SMILES string of the molecule is CC(=O)NC1C(O)OC(CO)C(OC2OC(CO)C(OC3OC(CO)C(OC4OC(CO)C(OC5OC(CO)C(O)C(O)C5NC(C)=O)C(O)C4NC(C)=O)C(O)C3NC(C)=O)C(O)C2NC(C)=O)C1O. The number of ether oxygens (including phenoxy) is 9. The van der Waals surface area contributed by atoms with Crippen LogP contribution < -0.4 is 26.6 Å². The van der Waals surface area contributed by atoms with Gasteiger partial charge in [-0.05, 0) is 0 Å². The van der Waals surface area contributed by atoms with Crippen molar-refractivity contribution in [3.63, 3.8) is 0 Å². The zero-order valence-electron chi connectivity index (χ0n) is 39.1. The van der Waals surface area contributed by atoms with Crippen LogP contribution in [0, 0.1) is 0 Å². The van der Waals surface area contributed by atoms with Crippen molar-refractivity contribution in [2.45, 2.75) is 188 Å². The zero-order chi connectivity index (χ0) is 52.8. The number of aliphatic hydroxyl groups is 12. The highest BCUT2D eigenvalue weighted by Crippen LogP contribution is 2.36. The molecule has 0 saturated carbocycles. The Morgan fingerprint density at radius 2 is 0.563 bits per heavy atom. The van der Waals surface area contributed by atoms with Gasteiger partial charge in [-0.1, -0.05) is 0 Å². The van der Waals surface area contributed by atoms with E-state index in [2.05, 4.69) is 26.6 Å². The fourth-order valence-corrected chi connectivity index (χ4v) is 9.07.